The molecule has 0 spiro atoms. The number of hydrogen-bond acceptors (Lipinski definition) is 1. The molecule has 0 saturated heterocycles. The fraction of sp³-hybridized carbons (Fsp3) is 0.143. The van der Waals surface area contributed by atoms with Gasteiger partial charge in [-0.3, -0.25) is 0 Å². The molecular weight excluding hydrogens is 266 g/mol. The molecule has 1 heterocycles. The molecule has 0 N–H and O–H groups in total. The van der Waals surface area contributed by atoms with E-state index in [4.69, 9.17) is 0 Å². The average Bonchev–Trinajstić information content (AvgIpc) is 2.53. The van der Waals surface area contributed by atoms with Crippen LogP contribution in [0.1, 0.15) is 22.3 Å². The zero-order chi connectivity index (χ0) is 15.1. The molecule has 0 aromatic heterocycles. The van der Waals surface area contributed by atoms with Gasteiger partial charge in [-0.25, -0.2) is 0 Å². The lowest BCUT2D eigenvalue weighted by Crippen LogP contribution is -2.19. The van der Waals surface area contributed by atoms with Crippen molar-refractivity contribution in [1.82, 2.24) is 0 Å². The Morgan fingerprint density at radius 1 is 0.682 bits per heavy atom. The number of rotatable bonds is 1. The van der Waals surface area contributed by atoms with E-state index in [-0.39, 0.29) is 0 Å². The molecule has 3 aromatic rings. The van der Waals surface area contributed by atoms with Gasteiger partial charge in [-0.15, -0.1) is 0 Å². The Morgan fingerprint density at radius 3 is 2.18 bits per heavy atom. The van der Waals surface area contributed by atoms with E-state index in [0.29, 0.717) is 0 Å². The minimum absolute atomic E-state index is 1.01. The summed E-state index contributed by atoms with van der Waals surface area (Å²) in [7, 11) is 0. The van der Waals surface area contributed by atoms with E-state index in [2.05, 4.69) is 85.5 Å². The van der Waals surface area contributed by atoms with E-state index in [1.807, 2.05) is 0 Å². The van der Waals surface area contributed by atoms with Gasteiger partial charge in [0.15, 0.2) is 0 Å². The van der Waals surface area contributed by atoms with Crippen LogP contribution in [0.3, 0.4) is 0 Å². The molecule has 22 heavy (non-hydrogen) atoms. The smallest absolute Gasteiger partial charge is 0.0497 e. The number of benzene rings is 3. The lowest BCUT2D eigenvalue weighted by atomic mass is 9.93. The molecule has 0 saturated carbocycles. The van der Waals surface area contributed by atoms with Crippen LogP contribution >= 0.6 is 0 Å². The molecule has 1 aliphatic heterocycles. The van der Waals surface area contributed by atoms with Gasteiger partial charge in [-0.2, -0.15) is 0 Å². The first kappa shape index (κ1) is 13.1. The second kappa shape index (κ2) is 5.03. The summed E-state index contributed by atoms with van der Waals surface area (Å²) in [5.74, 6) is 0. The second-order valence-corrected chi connectivity index (χ2v) is 6.06. The van der Waals surface area contributed by atoms with Crippen LogP contribution in [0, 0.1) is 13.8 Å². The van der Waals surface area contributed by atoms with E-state index in [1.54, 1.807) is 0 Å². The van der Waals surface area contributed by atoms with Crippen LogP contribution in [0.2, 0.25) is 0 Å². The summed E-state index contributed by atoms with van der Waals surface area (Å²) in [6.45, 7) is 4.35. The van der Waals surface area contributed by atoms with Crippen molar-refractivity contribution in [2.75, 3.05) is 4.90 Å². The largest absolute Gasteiger partial charge is 0.310 e. The molecule has 0 radical (unpaired) electrons. The quantitative estimate of drug-likeness (QED) is 0.435. The summed E-state index contributed by atoms with van der Waals surface area (Å²) in [5.41, 5.74) is 9.28. The van der Waals surface area contributed by atoms with Gasteiger partial charge in [0.05, 0.1) is 0 Å². The summed E-state index contributed by atoms with van der Waals surface area (Å²) in [6.07, 6.45) is 1.01. The number of hydrogen-bond donors (Lipinski definition) is 0. The van der Waals surface area contributed by atoms with E-state index < -0.39 is 0 Å². The van der Waals surface area contributed by atoms with Crippen molar-refractivity contribution >= 4 is 17.1 Å². The average molecular weight is 285 g/mol. The lowest BCUT2D eigenvalue weighted by Gasteiger charge is -2.34. The highest BCUT2D eigenvalue weighted by Gasteiger charge is 2.24. The molecule has 0 amide bonds. The Bertz CT molecular complexity index is 837. The maximum Gasteiger partial charge on any atom is 0.0497 e. The number of anilines is 3. The number of para-hydroxylation sites is 2. The summed E-state index contributed by atoms with van der Waals surface area (Å²) in [6, 6.07) is 24.1. The predicted molar refractivity (Wildman–Crippen MR) is 93.4 cm³/mol. The Labute approximate surface area is 131 Å². The molecule has 108 valence electrons. The molecule has 0 unspecified atom stereocenters. The van der Waals surface area contributed by atoms with E-state index >= 15 is 0 Å². The Kier molecular flexibility index (Phi) is 3.00. The van der Waals surface area contributed by atoms with Crippen molar-refractivity contribution in [2.45, 2.75) is 20.3 Å². The first-order valence-electron chi connectivity index (χ1n) is 7.77. The van der Waals surface area contributed by atoms with Crippen molar-refractivity contribution in [3.05, 3.63) is 89.0 Å². The van der Waals surface area contributed by atoms with E-state index in [1.165, 1.54) is 39.3 Å². The van der Waals surface area contributed by atoms with Gasteiger partial charge in [0.1, 0.15) is 0 Å². The molecule has 1 nitrogen and oxygen atoms in total. The summed E-state index contributed by atoms with van der Waals surface area (Å²) >= 11 is 0. The molecule has 3 aromatic carbocycles. The fourth-order valence-corrected chi connectivity index (χ4v) is 3.36. The predicted octanol–water partition coefficient (Wildman–Crippen LogP) is 5.68. The molecule has 0 atom stereocenters. The zero-order valence-corrected chi connectivity index (χ0v) is 13.0. The standard InChI is InChI=1S/C21H19N/c1-15-11-12-21-18(13-15)14-17-8-4-6-10-20(17)22(21)19-9-5-3-7-16(19)2/h3-13H,14H2,1-2H3. The van der Waals surface area contributed by atoms with E-state index in [9.17, 15) is 0 Å². The highest BCUT2D eigenvalue weighted by atomic mass is 15.2. The van der Waals surface area contributed by atoms with Crippen LogP contribution in [-0.2, 0) is 6.42 Å². The first-order valence-corrected chi connectivity index (χ1v) is 7.77. The van der Waals surface area contributed by atoms with E-state index in [0.717, 1.165) is 6.42 Å². The summed E-state index contributed by atoms with van der Waals surface area (Å²) < 4.78 is 0. The Morgan fingerprint density at radius 2 is 1.36 bits per heavy atom. The van der Waals surface area contributed by atoms with Gasteiger partial charge in [-0.05, 0) is 48.7 Å². The van der Waals surface area contributed by atoms with Gasteiger partial charge >= 0.3 is 0 Å². The van der Waals surface area contributed by atoms with Crippen LogP contribution in [0.4, 0.5) is 17.1 Å². The molecular formula is C21H19N. The maximum absolute atomic E-state index is 2.41. The van der Waals surface area contributed by atoms with Crippen molar-refractivity contribution in [2.24, 2.45) is 0 Å². The minimum atomic E-state index is 1.01. The lowest BCUT2D eigenvalue weighted by molar-refractivity contribution is 1.08. The fourth-order valence-electron chi connectivity index (χ4n) is 3.36. The number of fused-ring (bicyclic) bond motifs is 2. The van der Waals surface area contributed by atoms with Gasteiger partial charge in [0, 0.05) is 23.5 Å². The van der Waals surface area contributed by atoms with Gasteiger partial charge in [-0.1, -0.05) is 54.1 Å². The van der Waals surface area contributed by atoms with Crippen LogP contribution < -0.4 is 4.90 Å². The van der Waals surface area contributed by atoms with Crippen molar-refractivity contribution in [1.29, 1.82) is 0 Å². The SMILES string of the molecule is Cc1ccc2c(c1)Cc1ccccc1N2c1ccccc1C. The summed E-state index contributed by atoms with van der Waals surface area (Å²) in [4.78, 5) is 2.41. The van der Waals surface area contributed by atoms with Gasteiger partial charge < -0.3 is 4.90 Å². The van der Waals surface area contributed by atoms with Crippen LogP contribution in [0.25, 0.3) is 0 Å². The monoisotopic (exact) mass is 285 g/mol. The molecule has 0 fully saturated rings. The highest BCUT2D eigenvalue weighted by Crippen LogP contribution is 2.44. The molecule has 0 aliphatic carbocycles. The molecule has 1 heteroatoms. The molecule has 1 aliphatic rings. The molecule has 4 rings (SSSR count). The Balaban J connectivity index is 2.00. The topological polar surface area (TPSA) is 3.24 Å². The third-order valence-corrected chi connectivity index (χ3v) is 4.45. The first-order chi connectivity index (χ1) is 10.7. The molecule has 0 bridgehead atoms. The van der Waals surface area contributed by atoms with Crippen molar-refractivity contribution in [3.63, 3.8) is 0 Å². The third kappa shape index (κ3) is 2.01. The van der Waals surface area contributed by atoms with Crippen molar-refractivity contribution < 1.29 is 0 Å². The van der Waals surface area contributed by atoms with Crippen LogP contribution in [0.5, 0.6) is 0 Å². The van der Waals surface area contributed by atoms with Crippen LogP contribution in [-0.4, -0.2) is 0 Å². The normalized spacial score (nSPS) is 12.7. The number of nitrogens with zero attached hydrogens (tertiary/aromatic N) is 1. The minimum Gasteiger partial charge on any atom is -0.310 e. The van der Waals surface area contributed by atoms with Crippen LogP contribution in [0.15, 0.2) is 66.7 Å². The van der Waals surface area contributed by atoms with Gasteiger partial charge in [0.2, 0.25) is 0 Å². The highest BCUT2D eigenvalue weighted by molar-refractivity contribution is 5.84. The van der Waals surface area contributed by atoms with Gasteiger partial charge in [0.25, 0.3) is 0 Å². The maximum atomic E-state index is 2.41. The zero-order valence-electron chi connectivity index (χ0n) is 13.0. The third-order valence-electron chi connectivity index (χ3n) is 4.45. The summed E-state index contributed by atoms with van der Waals surface area (Å²) in [5, 5.41) is 0. The number of aryl methyl sites for hydroxylation is 2. The van der Waals surface area contributed by atoms with Crippen molar-refractivity contribution in [3.8, 4) is 0 Å². The second-order valence-electron chi connectivity index (χ2n) is 6.06. The Hall–Kier alpha value is -2.54.